The van der Waals surface area contributed by atoms with Gasteiger partial charge in [-0.05, 0) is 24.6 Å². The third-order valence-corrected chi connectivity index (χ3v) is 4.40. The van der Waals surface area contributed by atoms with Crippen molar-refractivity contribution in [2.75, 3.05) is 20.2 Å². The lowest BCUT2D eigenvalue weighted by atomic mass is 10.2. The molecular formula is C14H19NO3S. The molecule has 1 aromatic rings. The Hall–Kier alpha value is -1.35. The van der Waals surface area contributed by atoms with E-state index in [1.807, 2.05) is 6.92 Å². The van der Waals surface area contributed by atoms with Crippen molar-refractivity contribution < 1.29 is 13.5 Å². The van der Waals surface area contributed by atoms with Gasteiger partial charge in [0, 0.05) is 25.6 Å². The first kappa shape index (κ1) is 15.7. The van der Waals surface area contributed by atoms with E-state index in [1.165, 1.54) is 4.31 Å². The predicted molar refractivity (Wildman–Crippen MR) is 75.1 cm³/mol. The van der Waals surface area contributed by atoms with Crippen LogP contribution in [0.5, 0.6) is 0 Å². The van der Waals surface area contributed by atoms with Gasteiger partial charge in [0.1, 0.15) is 0 Å². The maximum Gasteiger partial charge on any atom is 0.242 e. The summed E-state index contributed by atoms with van der Waals surface area (Å²) in [6.07, 6.45) is 1.15. The fourth-order valence-corrected chi connectivity index (χ4v) is 2.88. The highest BCUT2D eigenvalue weighted by Crippen LogP contribution is 2.15. The fourth-order valence-electron chi connectivity index (χ4n) is 1.57. The van der Waals surface area contributed by atoms with Crippen molar-refractivity contribution in [1.82, 2.24) is 4.31 Å². The Bertz CT molecular complexity index is 570. The summed E-state index contributed by atoms with van der Waals surface area (Å²) in [5.74, 6) is 5.61. The summed E-state index contributed by atoms with van der Waals surface area (Å²) >= 11 is 0. The van der Waals surface area contributed by atoms with E-state index in [4.69, 9.17) is 5.11 Å². The van der Waals surface area contributed by atoms with Crippen LogP contribution < -0.4 is 0 Å². The Morgan fingerprint density at radius 2 is 2.11 bits per heavy atom. The molecule has 0 amide bonds. The molecule has 0 aromatic heterocycles. The Kier molecular flexibility index (Phi) is 6.03. The predicted octanol–water partition coefficient (Wildman–Crippen LogP) is 1.45. The zero-order valence-electron chi connectivity index (χ0n) is 11.3. The van der Waals surface area contributed by atoms with Crippen molar-refractivity contribution in [3.8, 4) is 11.8 Å². The van der Waals surface area contributed by atoms with Gasteiger partial charge in [-0.15, -0.1) is 0 Å². The summed E-state index contributed by atoms with van der Waals surface area (Å²) in [5.41, 5.74) is 0.638. The molecule has 0 radical (unpaired) electrons. The molecule has 1 aromatic carbocycles. The zero-order chi connectivity index (χ0) is 14.3. The van der Waals surface area contributed by atoms with Gasteiger partial charge in [0.15, 0.2) is 0 Å². The van der Waals surface area contributed by atoms with Crippen molar-refractivity contribution in [2.24, 2.45) is 0 Å². The van der Waals surface area contributed by atoms with Crippen LogP contribution in [0, 0.1) is 11.8 Å². The smallest absolute Gasteiger partial charge is 0.242 e. The molecule has 1 N–H and O–H groups in total. The molecule has 0 bridgehead atoms. The van der Waals surface area contributed by atoms with Gasteiger partial charge in [0.05, 0.1) is 11.5 Å². The Morgan fingerprint density at radius 1 is 1.37 bits per heavy atom. The lowest BCUT2D eigenvalue weighted by molar-refractivity contribution is 0.305. The highest BCUT2D eigenvalue weighted by atomic mass is 32.2. The average molecular weight is 281 g/mol. The third-order valence-electron chi connectivity index (χ3n) is 2.55. The van der Waals surface area contributed by atoms with E-state index in [2.05, 4.69) is 11.8 Å². The molecular weight excluding hydrogens is 262 g/mol. The molecule has 0 aliphatic rings. The quantitative estimate of drug-likeness (QED) is 0.831. The van der Waals surface area contributed by atoms with E-state index < -0.39 is 10.0 Å². The molecule has 5 heteroatoms. The Morgan fingerprint density at radius 3 is 2.74 bits per heavy atom. The molecule has 0 spiro atoms. The second-order valence-corrected chi connectivity index (χ2v) is 6.17. The summed E-state index contributed by atoms with van der Waals surface area (Å²) in [7, 11) is -1.87. The molecule has 19 heavy (non-hydrogen) atoms. The zero-order valence-corrected chi connectivity index (χ0v) is 12.1. The van der Waals surface area contributed by atoms with Crippen LogP contribution in [0.15, 0.2) is 29.2 Å². The third kappa shape index (κ3) is 4.35. The number of aliphatic hydroxyl groups excluding tert-OH is 1. The topological polar surface area (TPSA) is 57.6 Å². The minimum absolute atomic E-state index is 0.00419. The number of hydrogen-bond acceptors (Lipinski definition) is 3. The number of sulfonamides is 1. The SMILES string of the molecule is CCCN(C)S(=O)(=O)c1cccc(C#CCCO)c1. The van der Waals surface area contributed by atoms with Gasteiger partial charge >= 0.3 is 0 Å². The minimum atomic E-state index is -3.44. The molecule has 0 saturated carbocycles. The number of benzene rings is 1. The van der Waals surface area contributed by atoms with E-state index in [9.17, 15) is 8.42 Å². The number of hydrogen-bond donors (Lipinski definition) is 1. The normalized spacial score (nSPS) is 11.2. The molecule has 0 aliphatic carbocycles. The molecule has 0 fully saturated rings. The highest BCUT2D eigenvalue weighted by molar-refractivity contribution is 7.89. The van der Waals surface area contributed by atoms with Crippen LogP contribution in [0.2, 0.25) is 0 Å². The maximum absolute atomic E-state index is 12.2. The maximum atomic E-state index is 12.2. The van der Waals surface area contributed by atoms with E-state index >= 15 is 0 Å². The largest absolute Gasteiger partial charge is 0.395 e. The van der Waals surface area contributed by atoms with Crippen LogP contribution in [0.4, 0.5) is 0 Å². The molecule has 0 heterocycles. The highest BCUT2D eigenvalue weighted by Gasteiger charge is 2.19. The van der Waals surface area contributed by atoms with Crippen molar-refractivity contribution in [3.63, 3.8) is 0 Å². The molecule has 0 atom stereocenters. The Balaban J connectivity index is 3.03. The molecule has 0 saturated heterocycles. The van der Waals surface area contributed by atoms with E-state index in [0.717, 1.165) is 6.42 Å². The number of aliphatic hydroxyl groups is 1. The monoisotopic (exact) mass is 281 g/mol. The van der Waals surface area contributed by atoms with Gasteiger partial charge in [-0.3, -0.25) is 0 Å². The van der Waals surface area contributed by atoms with E-state index in [1.54, 1.807) is 31.3 Å². The first-order valence-electron chi connectivity index (χ1n) is 6.18. The van der Waals surface area contributed by atoms with Crippen molar-refractivity contribution >= 4 is 10.0 Å². The molecule has 0 aliphatic heterocycles. The molecule has 0 unspecified atom stereocenters. The summed E-state index contributed by atoms with van der Waals surface area (Å²) in [5, 5.41) is 8.65. The lowest BCUT2D eigenvalue weighted by Crippen LogP contribution is -2.27. The van der Waals surface area contributed by atoms with Gasteiger partial charge in [-0.1, -0.05) is 24.8 Å². The van der Waals surface area contributed by atoms with Gasteiger partial charge in [-0.2, -0.15) is 0 Å². The van der Waals surface area contributed by atoms with E-state index in [-0.39, 0.29) is 11.5 Å². The van der Waals surface area contributed by atoms with E-state index in [0.29, 0.717) is 18.5 Å². The van der Waals surface area contributed by atoms with Crippen LogP contribution in [-0.2, 0) is 10.0 Å². The summed E-state index contributed by atoms with van der Waals surface area (Å²) in [4.78, 5) is 0.249. The minimum Gasteiger partial charge on any atom is -0.395 e. The second-order valence-electron chi connectivity index (χ2n) is 4.13. The lowest BCUT2D eigenvalue weighted by Gasteiger charge is -2.16. The van der Waals surface area contributed by atoms with Crippen LogP contribution in [0.25, 0.3) is 0 Å². The first-order chi connectivity index (χ1) is 9.02. The summed E-state index contributed by atoms with van der Waals surface area (Å²) < 4.78 is 25.8. The summed E-state index contributed by atoms with van der Waals surface area (Å²) in [6.45, 7) is 2.43. The number of nitrogens with zero attached hydrogens (tertiary/aromatic N) is 1. The van der Waals surface area contributed by atoms with Crippen LogP contribution in [-0.4, -0.2) is 38.0 Å². The van der Waals surface area contributed by atoms with Crippen molar-refractivity contribution in [2.45, 2.75) is 24.7 Å². The van der Waals surface area contributed by atoms with Crippen LogP contribution in [0.3, 0.4) is 0 Å². The van der Waals surface area contributed by atoms with Gasteiger partial charge in [0.2, 0.25) is 10.0 Å². The first-order valence-corrected chi connectivity index (χ1v) is 7.62. The van der Waals surface area contributed by atoms with Crippen molar-refractivity contribution in [3.05, 3.63) is 29.8 Å². The summed E-state index contributed by atoms with van der Waals surface area (Å²) in [6, 6.07) is 6.56. The average Bonchev–Trinajstić information content (AvgIpc) is 2.39. The molecule has 1 rings (SSSR count). The standard InChI is InChI=1S/C14H19NO3S/c1-3-10-15(2)19(17,18)14-9-6-8-13(12-14)7-4-5-11-16/h6,8-9,12,16H,3,5,10-11H2,1-2H3. The van der Waals surface area contributed by atoms with Gasteiger partial charge in [0.25, 0.3) is 0 Å². The van der Waals surface area contributed by atoms with Gasteiger partial charge in [-0.25, -0.2) is 12.7 Å². The van der Waals surface area contributed by atoms with Gasteiger partial charge < -0.3 is 5.11 Å². The molecule has 104 valence electrons. The Labute approximate surface area is 115 Å². The van der Waals surface area contributed by atoms with Crippen molar-refractivity contribution in [1.29, 1.82) is 0 Å². The molecule has 4 nitrogen and oxygen atoms in total. The number of rotatable bonds is 5. The van der Waals surface area contributed by atoms with Crippen LogP contribution >= 0.6 is 0 Å². The fraction of sp³-hybridized carbons (Fsp3) is 0.429. The second kappa shape index (κ2) is 7.29. The van der Waals surface area contributed by atoms with Crippen LogP contribution in [0.1, 0.15) is 25.3 Å².